The predicted molar refractivity (Wildman–Crippen MR) is 103 cm³/mol. The lowest BCUT2D eigenvalue weighted by molar-refractivity contribution is -0.137. The van der Waals surface area contributed by atoms with Gasteiger partial charge in [0, 0.05) is 30.7 Å². The fraction of sp³-hybridized carbons (Fsp3) is 0.273. The van der Waals surface area contributed by atoms with Crippen LogP contribution in [0.4, 0.5) is 13.2 Å². The highest BCUT2D eigenvalue weighted by atomic mass is 19.4. The van der Waals surface area contributed by atoms with Gasteiger partial charge in [-0.15, -0.1) is 0 Å². The zero-order chi connectivity index (χ0) is 20.1. The Morgan fingerprint density at radius 3 is 2.32 bits per heavy atom. The summed E-state index contributed by atoms with van der Waals surface area (Å²) >= 11 is 0. The summed E-state index contributed by atoms with van der Waals surface area (Å²) in [5.41, 5.74) is 1.73. The molecule has 3 rings (SSSR count). The number of hydrogen-bond donors (Lipinski definition) is 2. The van der Waals surface area contributed by atoms with Crippen molar-refractivity contribution < 1.29 is 18.3 Å². The van der Waals surface area contributed by atoms with Crippen molar-refractivity contribution in [3.05, 3.63) is 89.7 Å². The highest BCUT2D eigenvalue weighted by Gasteiger charge is 2.30. The van der Waals surface area contributed by atoms with Crippen molar-refractivity contribution in [2.75, 3.05) is 6.54 Å². The van der Waals surface area contributed by atoms with Crippen LogP contribution < -0.4 is 5.32 Å². The standard InChI is InChI=1S/C22H23F3N2O/c1-16(13-17-7-9-20(10-8-17)27-11-2-3-12-27)26-15-21(28)18-5-4-6-19(14-18)22(23,24)25/h2-12,14,16,21,26,28H,13,15H2,1H3. The van der Waals surface area contributed by atoms with Crippen LogP contribution in [-0.4, -0.2) is 22.3 Å². The summed E-state index contributed by atoms with van der Waals surface area (Å²) in [6.45, 7) is 2.17. The van der Waals surface area contributed by atoms with Crippen LogP contribution >= 0.6 is 0 Å². The molecular formula is C22H23F3N2O. The Bertz CT molecular complexity index is 874. The average Bonchev–Trinajstić information content (AvgIpc) is 3.21. The molecule has 3 aromatic rings. The van der Waals surface area contributed by atoms with Gasteiger partial charge in [-0.05, 0) is 60.9 Å². The second kappa shape index (κ2) is 8.63. The lowest BCUT2D eigenvalue weighted by Gasteiger charge is -2.18. The molecule has 0 aliphatic carbocycles. The zero-order valence-electron chi connectivity index (χ0n) is 15.5. The van der Waals surface area contributed by atoms with E-state index in [-0.39, 0.29) is 18.2 Å². The molecule has 2 unspecified atom stereocenters. The Morgan fingerprint density at radius 1 is 1.00 bits per heavy atom. The highest BCUT2D eigenvalue weighted by Crippen LogP contribution is 2.30. The maximum Gasteiger partial charge on any atom is 0.416 e. The molecule has 0 aliphatic heterocycles. The average molecular weight is 388 g/mol. The number of nitrogens with zero attached hydrogens (tertiary/aromatic N) is 1. The van der Waals surface area contributed by atoms with Crippen LogP contribution in [0.5, 0.6) is 0 Å². The molecule has 0 saturated heterocycles. The van der Waals surface area contributed by atoms with E-state index in [1.54, 1.807) is 0 Å². The summed E-state index contributed by atoms with van der Waals surface area (Å²) in [7, 11) is 0. The van der Waals surface area contributed by atoms with Gasteiger partial charge in [0.2, 0.25) is 0 Å². The van der Waals surface area contributed by atoms with E-state index in [4.69, 9.17) is 0 Å². The van der Waals surface area contributed by atoms with E-state index in [1.165, 1.54) is 12.1 Å². The van der Waals surface area contributed by atoms with Gasteiger partial charge in [0.15, 0.2) is 0 Å². The van der Waals surface area contributed by atoms with Crippen molar-refractivity contribution in [3.8, 4) is 5.69 Å². The number of benzene rings is 2. The minimum atomic E-state index is -4.41. The SMILES string of the molecule is CC(Cc1ccc(-n2cccc2)cc1)NCC(O)c1cccc(C(F)(F)F)c1. The largest absolute Gasteiger partial charge is 0.416 e. The van der Waals surface area contributed by atoms with Gasteiger partial charge in [0.1, 0.15) is 0 Å². The lowest BCUT2D eigenvalue weighted by Crippen LogP contribution is -2.32. The van der Waals surface area contributed by atoms with Crippen molar-refractivity contribution in [1.29, 1.82) is 0 Å². The molecule has 0 fully saturated rings. The normalized spacial score (nSPS) is 14.0. The van der Waals surface area contributed by atoms with E-state index in [0.29, 0.717) is 0 Å². The molecule has 2 atom stereocenters. The summed E-state index contributed by atoms with van der Waals surface area (Å²) in [5, 5.41) is 13.4. The van der Waals surface area contributed by atoms with Gasteiger partial charge in [0.25, 0.3) is 0 Å². The summed E-state index contributed by atoms with van der Waals surface area (Å²) in [6.07, 6.45) is -0.700. The molecule has 148 valence electrons. The van der Waals surface area contributed by atoms with Crippen LogP contribution in [0.2, 0.25) is 0 Å². The van der Waals surface area contributed by atoms with Crippen molar-refractivity contribution in [3.63, 3.8) is 0 Å². The fourth-order valence-corrected chi connectivity index (χ4v) is 3.09. The molecule has 6 heteroatoms. The van der Waals surface area contributed by atoms with Crippen LogP contribution in [0.3, 0.4) is 0 Å². The van der Waals surface area contributed by atoms with E-state index in [1.807, 2.05) is 48.1 Å². The summed E-state index contributed by atoms with van der Waals surface area (Å²) < 4.78 is 40.4. The Labute approximate surface area is 162 Å². The van der Waals surface area contributed by atoms with E-state index in [9.17, 15) is 18.3 Å². The second-order valence-electron chi connectivity index (χ2n) is 6.91. The van der Waals surface area contributed by atoms with Crippen LogP contribution in [0.25, 0.3) is 5.69 Å². The number of aliphatic hydroxyl groups is 1. The molecule has 0 amide bonds. The molecule has 1 heterocycles. The number of nitrogens with one attached hydrogen (secondary N) is 1. The second-order valence-corrected chi connectivity index (χ2v) is 6.91. The first-order valence-corrected chi connectivity index (χ1v) is 9.14. The Hall–Kier alpha value is -2.57. The zero-order valence-corrected chi connectivity index (χ0v) is 15.5. The highest BCUT2D eigenvalue weighted by molar-refractivity contribution is 5.35. The Morgan fingerprint density at radius 2 is 1.68 bits per heavy atom. The maximum atomic E-state index is 12.8. The van der Waals surface area contributed by atoms with Crippen LogP contribution in [0, 0.1) is 0 Å². The molecule has 1 aromatic heterocycles. The molecule has 3 nitrogen and oxygen atoms in total. The van der Waals surface area contributed by atoms with Gasteiger partial charge in [-0.1, -0.05) is 24.3 Å². The molecule has 0 bridgehead atoms. The third-order valence-electron chi connectivity index (χ3n) is 4.64. The minimum absolute atomic E-state index is 0.0675. The monoisotopic (exact) mass is 388 g/mol. The third kappa shape index (κ3) is 5.24. The van der Waals surface area contributed by atoms with Gasteiger partial charge >= 0.3 is 6.18 Å². The van der Waals surface area contributed by atoms with E-state index in [0.717, 1.165) is 29.8 Å². The minimum Gasteiger partial charge on any atom is -0.387 e. The predicted octanol–water partition coefficient (Wildman–Crippen LogP) is 4.75. The third-order valence-corrected chi connectivity index (χ3v) is 4.64. The quantitative estimate of drug-likeness (QED) is 0.613. The van der Waals surface area contributed by atoms with Crippen molar-refractivity contribution in [2.45, 2.75) is 31.7 Å². The van der Waals surface area contributed by atoms with Crippen molar-refractivity contribution >= 4 is 0 Å². The summed E-state index contributed by atoms with van der Waals surface area (Å²) in [6, 6.07) is 17.0. The van der Waals surface area contributed by atoms with E-state index < -0.39 is 17.8 Å². The molecule has 0 spiro atoms. The number of alkyl halides is 3. The van der Waals surface area contributed by atoms with Crippen LogP contribution in [-0.2, 0) is 12.6 Å². The smallest absolute Gasteiger partial charge is 0.387 e. The van der Waals surface area contributed by atoms with E-state index >= 15 is 0 Å². The van der Waals surface area contributed by atoms with E-state index in [2.05, 4.69) is 17.4 Å². The molecule has 0 aliphatic rings. The summed E-state index contributed by atoms with van der Waals surface area (Å²) in [4.78, 5) is 0. The van der Waals surface area contributed by atoms with Gasteiger partial charge < -0.3 is 15.0 Å². The topological polar surface area (TPSA) is 37.2 Å². The number of aromatic nitrogens is 1. The van der Waals surface area contributed by atoms with Crippen LogP contribution in [0.1, 0.15) is 29.7 Å². The first-order chi connectivity index (χ1) is 13.3. The maximum absolute atomic E-state index is 12.8. The number of aliphatic hydroxyl groups excluding tert-OH is 1. The Kier molecular flexibility index (Phi) is 6.21. The molecule has 2 aromatic carbocycles. The van der Waals surface area contributed by atoms with Crippen LogP contribution in [0.15, 0.2) is 73.1 Å². The molecule has 2 N–H and O–H groups in total. The van der Waals surface area contributed by atoms with Gasteiger partial charge in [0.05, 0.1) is 11.7 Å². The van der Waals surface area contributed by atoms with Crippen molar-refractivity contribution in [2.24, 2.45) is 0 Å². The molecule has 0 radical (unpaired) electrons. The first-order valence-electron chi connectivity index (χ1n) is 9.14. The molecule has 0 saturated carbocycles. The number of rotatable bonds is 7. The number of hydrogen-bond acceptors (Lipinski definition) is 2. The van der Waals surface area contributed by atoms with Gasteiger partial charge in [-0.3, -0.25) is 0 Å². The molecule has 28 heavy (non-hydrogen) atoms. The van der Waals surface area contributed by atoms with Gasteiger partial charge in [-0.2, -0.15) is 13.2 Å². The summed E-state index contributed by atoms with van der Waals surface area (Å²) in [5.74, 6) is 0. The fourth-order valence-electron chi connectivity index (χ4n) is 3.09. The first kappa shape index (κ1) is 20.2. The van der Waals surface area contributed by atoms with Gasteiger partial charge in [-0.25, -0.2) is 0 Å². The Balaban J connectivity index is 1.53. The van der Waals surface area contributed by atoms with Crippen molar-refractivity contribution in [1.82, 2.24) is 9.88 Å². The number of halogens is 3. The molecular weight excluding hydrogens is 365 g/mol. The lowest BCUT2D eigenvalue weighted by atomic mass is 10.0.